The maximum atomic E-state index is 12.8. The molecule has 0 saturated carbocycles. The van der Waals surface area contributed by atoms with Crippen molar-refractivity contribution < 1.29 is 27.5 Å². The second-order valence-corrected chi connectivity index (χ2v) is 8.91. The van der Waals surface area contributed by atoms with Crippen LogP contribution >= 0.6 is 0 Å². The van der Waals surface area contributed by atoms with Gasteiger partial charge in [-0.05, 0) is 43.3 Å². The van der Waals surface area contributed by atoms with Gasteiger partial charge in [-0.3, -0.25) is 9.59 Å². The first-order chi connectivity index (χ1) is 14.6. The second-order valence-electron chi connectivity index (χ2n) is 6.86. The number of nitrogens with one attached hydrogen (secondary N) is 2. The van der Waals surface area contributed by atoms with Crippen LogP contribution in [0.25, 0.3) is 0 Å². The zero-order chi connectivity index (χ0) is 23.2. The van der Waals surface area contributed by atoms with Crippen molar-refractivity contribution in [2.45, 2.75) is 24.8 Å². The first kappa shape index (κ1) is 24.2. The molecule has 168 valence electrons. The molecule has 2 rings (SSSR count). The molecule has 2 aromatic carbocycles. The van der Waals surface area contributed by atoms with Gasteiger partial charge in [-0.1, -0.05) is 0 Å². The molecule has 0 spiro atoms. The number of amides is 2. The van der Waals surface area contributed by atoms with Gasteiger partial charge in [0.05, 0.1) is 31.7 Å². The molecule has 0 bridgehead atoms. The highest BCUT2D eigenvalue weighted by Crippen LogP contribution is 2.29. The molecule has 0 aliphatic rings. The second kappa shape index (κ2) is 10.3. The van der Waals surface area contributed by atoms with Crippen LogP contribution in [0.15, 0.2) is 47.4 Å². The van der Waals surface area contributed by atoms with Gasteiger partial charge < -0.3 is 20.1 Å². The standard InChI is InChI=1S/C21H27N3O6S/c1-14(19-11-8-17(29-4)12-20(19)30-5)22-21(26)13-24(3)31(27,28)18-9-6-16(7-10-18)23-15(2)25/h6-12,14H,13H2,1-5H3,(H,22,26)(H,23,25). The minimum Gasteiger partial charge on any atom is -0.497 e. The summed E-state index contributed by atoms with van der Waals surface area (Å²) in [5, 5.41) is 5.35. The van der Waals surface area contributed by atoms with E-state index in [-0.39, 0.29) is 17.3 Å². The maximum Gasteiger partial charge on any atom is 0.243 e. The van der Waals surface area contributed by atoms with E-state index in [2.05, 4.69) is 10.6 Å². The van der Waals surface area contributed by atoms with Gasteiger partial charge in [0, 0.05) is 31.3 Å². The van der Waals surface area contributed by atoms with E-state index in [9.17, 15) is 18.0 Å². The number of benzene rings is 2. The van der Waals surface area contributed by atoms with E-state index < -0.39 is 22.0 Å². The molecule has 9 nitrogen and oxygen atoms in total. The lowest BCUT2D eigenvalue weighted by Gasteiger charge is -2.21. The molecule has 1 atom stereocenters. The fraction of sp³-hybridized carbons (Fsp3) is 0.333. The summed E-state index contributed by atoms with van der Waals surface area (Å²) in [5.74, 6) is 0.445. The van der Waals surface area contributed by atoms with Crippen molar-refractivity contribution in [2.75, 3.05) is 33.1 Å². The van der Waals surface area contributed by atoms with E-state index in [1.807, 2.05) is 0 Å². The van der Waals surface area contributed by atoms with Crippen LogP contribution < -0.4 is 20.1 Å². The van der Waals surface area contributed by atoms with Crippen LogP contribution in [0.4, 0.5) is 5.69 Å². The number of likely N-dealkylation sites (N-methyl/N-ethyl adjacent to an activating group) is 1. The van der Waals surface area contributed by atoms with Crippen molar-refractivity contribution in [2.24, 2.45) is 0 Å². The molecular formula is C21H27N3O6S. The highest BCUT2D eigenvalue weighted by molar-refractivity contribution is 7.89. The van der Waals surface area contributed by atoms with Crippen LogP contribution in [0.3, 0.4) is 0 Å². The molecule has 10 heteroatoms. The third-order valence-electron chi connectivity index (χ3n) is 4.53. The normalized spacial score (nSPS) is 12.2. The first-order valence-electron chi connectivity index (χ1n) is 9.43. The van der Waals surface area contributed by atoms with Gasteiger partial charge in [0.15, 0.2) is 0 Å². The molecule has 0 fully saturated rings. The lowest BCUT2D eigenvalue weighted by molar-refractivity contribution is -0.121. The van der Waals surface area contributed by atoms with Crippen molar-refractivity contribution in [1.82, 2.24) is 9.62 Å². The Balaban J connectivity index is 2.06. The number of sulfonamides is 1. The monoisotopic (exact) mass is 449 g/mol. The summed E-state index contributed by atoms with van der Waals surface area (Å²) in [6.07, 6.45) is 0. The van der Waals surface area contributed by atoms with Crippen molar-refractivity contribution >= 4 is 27.5 Å². The minimum absolute atomic E-state index is 0.0155. The quantitative estimate of drug-likeness (QED) is 0.606. The molecule has 2 amide bonds. The van der Waals surface area contributed by atoms with Crippen molar-refractivity contribution in [3.63, 3.8) is 0 Å². The molecule has 0 saturated heterocycles. The Morgan fingerprint density at radius 2 is 1.71 bits per heavy atom. The van der Waals surface area contributed by atoms with E-state index in [1.165, 1.54) is 45.3 Å². The van der Waals surface area contributed by atoms with Gasteiger partial charge in [0.25, 0.3) is 0 Å². The number of ether oxygens (including phenoxy) is 2. The summed E-state index contributed by atoms with van der Waals surface area (Å²) < 4.78 is 37.0. The fourth-order valence-corrected chi connectivity index (χ4v) is 4.05. The Hall–Kier alpha value is -3.11. The van der Waals surface area contributed by atoms with Gasteiger partial charge in [0.1, 0.15) is 11.5 Å². The van der Waals surface area contributed by atoms with Gasteiger partial charge in [0.2, 0.25) is 21.8 Å². The number of hydrogen-bond acceptors (Lipinski definition) is 6. The number of carbonyl (C=O) groups is 2. The average Bonchev–Trinajstić information content (AvgIpc) is 2.72. The Bertz CT molecular complexity index is 1040. The number of rotatable bonds is 9. The van der Waals surface area contributed by atoms with Crippen LogP contribution in [-0.2, 0) is 19.6 Å². The zero-order valence-corrected chi connectivity index (χ0v) is 18.9. The molecule has 31 heavy (non-hydrogen) atoms. The van der Waals surface area contributed by atoms with E-state index in [4.69, 9.17) is 9.47 Å². The number of methoxy groups -OCH3 is 2. The van der Waals surface area contributed by atoms with Crippen molar-refractivity contribution in [3.05, 3.63) is 48.0 Å². The summed E-state index contributed by atoms with van der Waals surface area (Å²) in [4.78, 5) is 23.6. The lowest BCUT2D eigenvalue weighted by atomic mass is 10.1. The van der Waals surface area contributed by atoms with Crippen molar-refractivity contribution in [1.29, 1.82) is 0 Å². The Kier molecular flexibility index (Phi) is 8.01. The van der Waals surface area contributed by atoms with E-state index in [0.29, 0.717) is 17.2 Å². The lowest BCUT2D eigenvalue weighted by Crippen LogP contribution is -2.39. The van der Waals surface area contributed by atoms with E-state index >= 15 is 0 Å². The molecule has 0 radical (unpaired) electrons. The Morgan fingerprint density at radius 3 is 2.26 bits per heavy atom. The van der Waals surface area contributed by atoms with Crippen LogP contribution in [0.5, 0.6) is 11.5 Å². The number of carbonyl (C=O) groups excluding carboxylic acids is 2. The molecule has 0 aromatic heterocycles. The number of anilines is 1. The summed E-state index contributed by atoms with van der Waals surface area (Å²) in [5.41, 5.74) is 1.21. The summed E-state index contributed by atoms with van der Waals surface area (Å²) in [6, 6.07) is 10.5. The summed E-state index contributed by atoms with van der Waals surface area (Å²) in [6.45, 7) is 2.77. The molecular weight excluding hydrogens is 422 g/mol. The van der Waals surface area contributed by atoms with Crippen LogP contribution in [0.2, 0.25) is 0 Å². The molecule has 2 N–H and O–H groups in total. The van der Waals surface area contributed by atoms with Crippen LogP contribution in [-0.4, -0.2) is 52.3 Å². The van der Waals surface area contributed by atoms with Crippen LogP contribution in [0.1, 0.15) is 25.5 Å². The highest BCUT2D eigenvalue weighted by Gasteiger charge is 2.24. The minimum atomic E-state index is -3.88. The predicted molar refractivity (Wildman–Crippen MR) is 117 cm³/mol. The molecule has 0 heterocycles. The van der Waals surface area contributed by atoms with Crippen molar-refractivity contribution in [3.8, 4) is 11.5 Å². The zero-order valence-electron chi connectivity index (χ0n) is 18.1. The topological polar surface area (TPSA) is 114 Å². The molecule has 0 aliphatic carbocycles. The van der Waals surface area contributed by atoms with Gasteiger partial charge in [-0.2, -0.15) is 4.31 Å². The maximum absolute atomic E-state index is 12.8. The molecule has 0 aliphatic heterocycles. The molecule has 1 unspecified atom stereocenters. The van der Waals surface area contributed by atoms with E-state index in [1.54, 1.807) is 32.2 Å². The Labute approximate surface area is 182 Å². The van der Waals surface area contributed by atoms with Gasteiger partial charge >= 0.3 is 0 Å². The SMILES string of the molecule is COc1ccc(C(C)NC(=O)CN(C)S(=O)(=O)c2ccc(NC(C)=O)cc2)c(OC)c1. The van der Waals surface area contributed by atoms with Crippen LogP contribution in [0, 0.1) is 0 Å². The highest BCUT2D eigenvalue weighted by atomic mass is 32.2. The van der Waals surface area contributed by atoms with Gasteiger partial charge in [-0.15, -0.1) is 0 Å². The molecule has 2 aromatic rings. The smallest absolute Gasteiger partial charge is 0.243 e. The third-order valence-corrected chi connectivity index (χ3v) is 6.35. The predicted octanol–water partition coefficient (Wildman–Crippen LogP) is 2.16. The average molecular weight is 450 g/mol. The first-order valence-corrected chi connectivity index (χ1v) is 10.9. The summed E-state index contributed by atoms with van der Waals surface area (Å²) in [7, 11) is 0.509. The number of hydrogen-bond donors (Lipinski definition) is 2. The largest absolute Gasteiger partial charge is 0.497 e. The number of nitrogens with zero attached hydrogens (tertiary/aromatic N) is 1. The Morgan fingerprint density at radius 1 is 1.06 bits per heavy atom. The van der Waals surface area contributed by atoms with E-state index in [0.717, 1.165) is 9.87 Å². The van der Waals surface area contributed by atoms with Gasteiger partial charge in [-0.25, -0.2) is 8.42 Å². The summed E-state index contributed by atoms with van der Waals surface area (Å²) >= 11 is 0. The fourth-order valence-electron chi connectivity index (χ4n) is 2.92. The third kappa shape index (κ3) is 6.19.